The van der Waals surface area contributed by atoms with E-state index < -0.39 is 5.97 Å². The Morgan fingerprint density at radius 1 is 1.60 bits per heavy atom. The van der Waals surface area contributed by atoms with Gasteiger partial charge < -0.3 is 9.84 Å². The van der Waals surface area contributed by atoms with Gasteiger partial charge in [-0.2, -0.15) is 0 Å². The maximum atomic E-state index is 12.9. The quantitative estimate of drug-likeness (QED) is 0.830. The fraction of sp³-hybridized carbons (Fsp3) is 0.364. The van der Waals surface area contributed by atoms with Crippen molar-refractivity contribution in [3.63, 3.8) is 0 Å². The topological polar surface area (TPSA) is 46.5 Å². The van der Waals surface area contributed by atoms with Crippen LogP contribution in [0.4, 0.5) is 4.39 Å². The maximum Gasteiger partial charge on any atom is 0.307 e. The number of carboxylic acid groups (broad SMARTS) is 1. The minimum Gasteiger partial charge on any atom is -0.496 e. The van der Waals surface area contributed by atoms with E-state index in [4.69, 9.17) is 9.84 Å². The first-order valence-electron chi connectivity index (χ1n) is 4.69. The van der Waals surface area contributed by atoms with Gasteiger partial charge in [-0.3, -0.25) is 4.79 Å². The van der Waals surface area contributed by atoms with E-state index in [2.05, 4.69) is 0 Å². The van der Waals surface area contributed by atoms with Crippen LogP contribution < -0.4 is 4.74 Å². The first kappa shape index (κ1) is 9.96. The molecule has 1 saturated carbocycles. The largest absolute Gasteiger partial charge is 0.496 e. The van der Waals surface area contributed by atoms with Crippen LogP contribution in [0.1, 0.15) is 17.9 Å². The zero-order valence-corrected chi connectivity index (χ0v) is 8.24. The molecule has 1 aromatic carbocycles. The number of hydrogen-bond donors (Lipinski definition) is 1. The Kier molecular flexibility index (Phi) is 2.34. The van der Waals surface area contributed by atoms with E-state index >= 15 is 0 Å². The van der Waals surface area contributed by atoms with E-state index in [1.54, 1.807) is 6.07 Å². The standard InChI is InChI=1S/C11H11FO3/c1-15-10-4-6(12)2-3-7(10)8-5-9(8)11(13)14/h2-4,8-9H,5H2,1H3,(H,13,14)/t8-,9+/m0/s1. The van der Waals surface area contributed by atoms with Gasteiger partial charge >= 0.3 is 5.97 Å². The molecular weight excluding hydrogens is 199 g/mol. The summed E-state index contributed by atoms with van der Waals surface area (Å²) < 4.78 is 17.9. The van der Waals surface area contributed by atoms with Gasteiger partial charge in [-0.25, -0.2) is 4.39 Å². The van der Waals surface area contributed by atoms with Crippen LogP contribution in [-0.4, -0.2) is 18.2 Å². The summed E-state index contributed by atoms with van der Waals surface area (Å²) in [4.78, 5) is 10.7. The lowest BCUT2D eigenvalue weighted by Crippen LogP contribution is -2.00. The van der Waals surface area contributed by atoms with E-state index in [0.29, 0.717) is 12.2 Å². The molecule has 0 radical (unpaired) electrons. The number of benzene rings is 1. The molecule has 0 heterocycles. The van der Waals surface area contributed by atoms with Crippen molar-refractivity contribution in [3.05, 3.63) is 29.6 Å². The van der Waals surface area contributed by atoms with Crippen molar-refractivity contribution in [3.8, 4) is 5.75 Å². The van der Waals surface area contributed by atoms with Crippen LogP contribution in [-0.2, 0) is 4.79 Å². The highest BCUT2D eigenvalue weighted by Crippen LogP contribution is 2.50. The molecule has 0 spiro atoms. The molecule has 2 rings (SSSR count). The Balaban J connectivity index is 2.26. The summed E-state index contributed by atoms with van der Waals surface area (Å²) in [5, 5.41) is 8.79. The van der Waals surface area contributed by atoms with Crippen LogP contribution >= 0.6 is 0 Å². The van der Waals surface area contributed by atoms with Gasteiger partial charge in [-0.05, 0) is 18.1 Å². The predicted octanol–water partition coefficient (Wildman–Crippen LogP) is 2.02. The summed E-state index contributed by atoms with van der Waals surface area (Å²) in [6, 6.07) is 4.21. The monoisotopic (exact) mass is 210 g/mol. The lowest BCUT2D eigenvalue weighted by molar-refractivity contribution is -0.138. The summed E-state index contributed by atoms with van der Waals surface area (Å²) in [6.07, 6.45) is 0.608. The SMILES string of the molecule is COc1cc(F)ccc1[C@@H]1C[C@H]1C(=O)O. The van der Waals surface area contributed by atoms with Crippen molar-refractivity contribution in [2.24, 2.45) is 5.92 Å². The summed E-state index contributed by atoms with van der Waals surface area (Å²) in [5.74, 6) is -1.11. The third-order valence-electron chi connectivity index (χ3n) is 2.70. The smallest absolute Gasteiger partial charge is 0.307 e. The number of halogens is 1. The molecule has 1 aliphatic rings. The van der Waals surface area contributed by atoms with Gasteiger partial charge in [-0.1, -0.05) is 6.07 Å². The zero-order chi connectivity index (χ0) is 11.0. The molecule has 15 heavy (non-hydrogen) atoms. The van der Waals surface area contributed by atoms with Gasteiger partial charge in [0.15, 0.2) is 0 Å². The Labute approximate surface area is 86.5 Å². The number of aliphatic carboxylic acids is 1. The molecule has 0 bridgehead atoms. The fourth-order valence-corrected chi connectivity index (χ4v) is 1.80. The Hall–Kier alpha value is -1.58. The second-order valence-electron chi connectivity index (χ2n) is 3.67. The summed E-state index contributed by atoms with van der Waals surface area (Å²) in [5.41, 5.74) is 0.784. The molecule has 1 aromatic rings. The summed E-state index contributed by atoms with van der Waals surface area (Å²) in [6.45, 7) is 0. The van der Waals surface area contributed by atoms with E-state index in [1.165, 1.54) is 19.2 Å². The lowest BCUT2D eigenvalue weighted by Gasteiger charge is -2.07. The molecule has 1 aliphatic carbocycles. The number of ether oxygens (including phenoxy) is 1. The van der Waals surface area contributed by atoms with Crippen LogP contribution in [0.5, 0.6) is 5.75 Å². The van der Waals surface area contributed by atoms with Crippen molar-refractivity contribution in [2.45, 2.75) is 12.3 Å². The van der Waals surface area contributed by atoms with Crippen molar-refractivity contribution in [2.75, 3.05) is 7.11 Å². The third-order valence-corrected chi connectivity index (χ3v) is 2.70. The molecular formula is C11H11FO3. The number of rotatable bonds is 3. The highest BCUT2D eigenvalue weighted by molar-refractivity contribution is 5.75. The third kappa shape index (κ3) is 1.79. The average molecular weight is 210 g/mol. The Morgan fingerprint density at radius 3 is 2.87 bits per heavy atom. The molecule has 0 amide bonds. The van der Waals surface area contributed by atoms with Gasteiger partial charge in [0.05, 0.1) is 13.0 Å². The van der Waals surface area contributed by atoms with Crippen molar-refractivity contribution < 1.29 is 19.0 Å². The van der Waals surface area contributed by atoms with Crippen LogP contribution in [0.2, 0.25) is 0 Å². The minimum absolute atomic E-state index is 0.0296. The summed E-state index contributed by atoms with van der Waals surface area (Å²) in [7, 11) is 1.45. The number of hydrogen-bond acceptors (Lipinski definition) is 2. The normalized spacial score (nSPS) is 23.6. The molecule has 0 aromatic heterocycles. The van der Waals surface area contributed by atoms with Gasteiger partial charge in [0, 0.05) is 12.0 Å². The minimum atomic E-state index is -0.800. The molecule has 0 unspecified atom stereocenters. The molecule has 0 saturated heterocycles. The van der Waals surface area contributed by atoms with Gasteiger partial charge in [0.1, 0.15) is 11.6 Å². The average Bonchev–Trinajstić information content (AvgIpc) is 2.97. The van der Waals surface area contributed by atoms with Gasteiger partial charge in [0.25, 0.3) is 0 Å². The summed E-state index contributed by atoms with van der Waals surface area (Å²) >= 11 is 0. The fourth-order valence-electron chi connectivity index (χ4n) is 1.80. The molecule has 2 atom stereocenters. The Morgan fingerprint density at radius 2 is 2.33 bits per heavy atom. The highest BCUT2D eigenvalue weighted by Gasteiger charge is 2.45. The van der Waals surface area contributed by atoms with E-state index in [-0.39, 0.29) is 17.7 Å². The second-order valence-corrected chi connectivity index (χ2v) is 3.67. The van der Waals surface area contributed by atoms with Gasteiger partial charge in [-0.15, -0.1) is 0 Å². The first-order valence-corrected chi connectivity index (χ1v) is 4.69. The molecule has 80 valence electrons. The maximum absolute atomic E-state index is 12.9. The molecule has 3 nitrogen and oxygen atoms in total. The molecule has 0 aliphatic heterocycles. The zero-order valence-electron chi connectivity index (χ0n) is 8.24. The predicted molar refractivity (Wildman–Crippen MR) is 51.4 cm³/mol. The van der Waals surface area contributed by atoms with Crippen LogP contribution in [0.3, 0.4) is 0 Å². The molecule has 1 N–H and O–H groups in total. The number of methoxy groups -OCH3 is 1. The van der Waals surface area contributed by atoms with Crippen molar-refractivity contribution in [1.82, 2.24) is 0 Å². The Bertz CT molecular complexity index is 403. The lowest BCUT2D eigenvalue weighted by atomic mass is 10.1. The highest BCUT2D eigenvalue weighted by atomic mass is 19.1. The molecule has 4 heteroatoms. The van der Waals surface area contributed by atoms with Crippen molar-refractivity contribution in [1.29, 1.82) is 0 Å². The van der Waals surface area contributed by atoms with Gasteiger partial charge in [0.2, 0.25) is 0 Å². The first-order chi connectivity index (χ1) is 7.13. The van der Waals surface area contributed by atoms with Crippen molar-refractivity contribution >= 4 is 5.97 Å². The number of carboxylic acids is 1. The van der Waals surface area contributed by atoms with Crippen LogP contribution in [0.25, 0.3) is 0 Å². The molecule has 1 fully saturated rings. The number of carbonyl (C=O) groups is 1. The van der Waals surface area contributed by atoms with E-state index in [1.807, 2.05) is 0 Å². The van der Waals surface area contributed by atoms with Crippen LogP contribution in [0, 0.1) is 11.7 Å². The van der Waals surface area contributed by atoms with E-state index in [0.717, 1.165) is 5.56 Å². The van der Waals surface area contributed by atoms with Crippen LogP contribution in [0.15, 0.2) is 18.2 Å². The van der Waals surface area contributed by atoms with E-state index in [9.17, 15) is 9.18 Å². The second kappa shape index (κ2) is 3.53.